The number of halogens is 1. The van der Waals surface area contributed by atoms with E-state index in [1.54, 1.807) is 18.2 Å². The molecule has 3 N–H and O–H groups in total. The van der Waals surface area contributed by atoms with Crippen LogP contribution in [0.25, 0.3) is 0 Å². The third-order valence-electron chi connectivity index (χ3n) is 2.21. The second-order valence-electron chi connectivity index (χ2n) is 3.52. The van der Waals surface area contributed by atoms with E-state index in [4.69, 9.17) is 17.3 Å². The van der Waals surface area contributed by atoms with Crippen LogP contribution in [0.3, 0.4) is 0 Å². The number of rotatable bonds is 3. The van der Waals surface area contributed by atoms with Crippen LogP contribution in [0, 0.1) is 10.1 Å². The Kier molecular flexibility index (Phi) is 3.29. The minimum atomic E-state index is -0.510. The average Bonchev–Trinajstić information content (AvgIpc) is 2.34. The summed E-state index contributed by atoms with van der Waals surface area (Å²) in [6.45, 7) is 0. The van der Waals surface area contributed by atoms with Crippen LogP contribution in [0.5, 0.6) is 0 Å². The number of pyridine rings is 1. The number of nitrogens with two attached hydrogens (primary N) is 1. The molecule has 0 bridgehead atoms. The standard InChI is InChI=1S/C11H9ClN4O2/c12-9-3-1-7(13)5-10(9)15-11-4-2-8(6-14-11)16(17)18/h1-6H,13H2,(H,14,15). The smallest absolute Gasteiger partial charge is 0.287 e. The lowest BCUT2D eigenvalue weighted by molar-refractivity contribution is -0.385. The van der Waals surface area contributed by atoms with Crippen molar-refractivity contribution in [1.29, 1.82) is 0 Å². The Hall–Kier alpha value is -2.34. The molecule has 18 heavy (non-hydrogen) atoms. The molecular weight excluding hydrogens is 256 g/mol. The Morgan fingerprint density at radius 1 is 1.33 bits per heavy atom. The van der Waals surface area contributed by atoms with Crippen LogP contribution in [0.2, 0.25) is 5.02 Å². The molecule has 2 rings (SSSR count). The van der Waals surface area contributed by atoms with Gasteiger partial charge in [-0.25, -0.2) is 4.98 Å². The fraction of sp³-hybridized carbons (Fsp3) is 0. The molecule has 0 fully saturated rings. The summed E-state index contributed by atoms with van der Waals surface area (Å²) in [6, 6.07) is 7.85. The normalized spacial score (nSPS) is 10.1. The van der Waals surface area contributed by atoms with Gasteiger partial charge in [0, 0.05) is 11.8 Å². The highest BCUT2D eigenvalue weighted by Gasteiger charge is 2.06. The highest BCUT2D eigenvalue weighted by molar-refractivity contribution is 6.33. The van der Waals surface area contributed by atoms with Crippen molar-refractivity contribution in [3.63, 3.8) is 0 Å². The Bertz CT molecular complexity index is 586. The summed E-state index contributed by atoms with van der Waals surface area (Å²) in [7, 11) is 0. The average molecular weight is 265 g/mol. The van der Waals surface area contributed by atoms with Crippen molar-refractivity contribution in [2.75, 3.05) is 11.1 Å². The van der Waals surface area contributed by atoms with Gasteiger partial charge in [0.05, 0.1) is 15.6 Å². The maximum absolute atomic E-state index is 10.5. The van der Waals surface area contributed by atoms with E-state index in [-0.39, 0.29) is 5.69 Å². The number of aromatic nitrogens is 1. The van der Waals surface area contributed by atoms with Crippen molar-refractivity contribution in [3.8, 4) is 0 Å². The Morgan fingerprint density at radius 2 is 2.11 bits per heavy atom. The lowest BCUT2D eigenvalue weighted by Crippen LogP contribution is -1.96. The molecule has 92 valence electrons. The van der Waals surface area contributed by atoms with Gasteiger partial charge in [-0.1, -0.05) is 11.6 Å². The third-order valence-corrected chi connectivity index (χ3v) is 2.54. The molecular formula is C11H9ClN4O2. The largest absolute Gasteiger partial charge is 0.399 e. The Balaban J connectivity index is 2.23. The van der Waals surface area contributed by atoms with Crippen LogP contribution in [0.1, 0.15) is 0 Å². The van der Waals surface area contributed by atoms with Crippen molar-refractivity contribution in [3.05, 3.63) is 51.7 Å². The maximum atomic E-state index is 10.5. The zero-order valence-electron chi connectivity index (χ0n) is 9.13. The van der Waals surface area contributed by atoms with E-state index in [0.717, 1.165) is 0 Å². The molecule has 0 amide bonds. The van der Waals surface area contributed by atoms with Crippen molar-refractivity contribution in [2.24, 2.45) is 0 Å². The molecule has 6 nitrogen and oxygen atoms in total. The van der Waals surface area contributed by atoms with E-state index in [1.165, 1.54) is 18.3 Å². The van der Waals surface area contributed by atoms with Gasteiger partial charge in [-0.2, -0.15) is 0 Å². The summed E-state index contributed by atoms with van der Waals surface area (Å²) in [5.41, 5.74) is 6.72. The number of nitro groups is 1. The highest BCUT2D eigenvalue weighted by atomic mass is 35.5. The minimum Gasteiger partial charge on any atom is -0.399 e. The first-order valence-corrected chi connectivity index (χ1v) is 5.36. The van der Waals surface area contributed by atoms with Crippen molar-refractivity contribution in [1.82, 2.24) is 4.98 Å². The number of hydrogen-bond donors (Lipinski definition) is 2. The van der Waals surface area contributed by atoms with Gasteiger partial charge in [-0.05, 0) is 24.3 Å². The molecule has 0 aliphatic carbocycles. The van der Waals surface area contributed by atoms with Gasteiger partial charge in [0.2, 0.25) is 0 Å². The van der Waals surface area contributed by atoms with Gasteiger partial charge in [0.15, 0.2) is 0 Å². The van der Waals surface area contributed by atoms with Gasteiger partial charge in [0.25, 0.3) is 5.69 Å². The number of nitrogens with zero attached hydrogens (tertiary/aromatic N) is 2. The predicted octanol–water partition coefficient (Wildman–Crippen LogP) is 2.97. The number of hydrogen-bond acceptors (Lipinski definition) is 5. The lowest BCUT2D eigenvalue weighted by Gasteiger charge is -2.07. The molecule has 0 aliphatic rings. The maximum Gasteiger partial charge on any atom is 0.287 e. The topological polar surface area (TPSA) is 94.1 Å². The van der Waals surface area contributed by atoms with Crippen LogP contribution >= 0.6 is 11.6 Å². The van der Waals surface area contributed by atoms with Crippen LogP contribution in [0.4, 0.5) is 22.9 Å². The van der Waals surface area contributed by atoms with Crippen LogP contribution < -0.4 is 11.1 Å². The fourth-order valence-electron chi connectivity index (χ4n) is 1.34. The van der Waals surface area contributed by atoms with Crippen molar-refractivity contribution in [2.45, 2.75) is 0 Å². The molecule has 0 atom stereocenters. The van der Waals surface area contributed by atoms with E-state index >= 15 is 0 Å². The first-order chi connectivity index (χ1) is 8.56. The molecule has 1 aromatic heterocycles. The van der Waals surface area contributed by atoms with Crippen LogP contribution in [-0.2, 0) is 0 Å². The molecule has 0 saturated heterocycles. The summed E-state index contributed by atoms with van der Waals surface area (Å²) in [5, 5.41) is 13.9. The predicted molar refractivity (Wildman–Crippen MR) is 70.0 cm³/mol. The first kappa shape index (κ1) is 12.1. The summed E-state index contributed by atoms with van der Waals surface area (Å²) in [4.78, 5) is 13.9. The molecule has 0 saturated carbocycles. The zero-order chi connectivity index (χ0) is 13.1. The summed E-state index contributed by atoms with van der Waals surface area (Å²) in [6.07, 6.45) is 1.17. The monoisotopic (exact) mass is 264 g/mol. The minimum absolute atomic E-state index is 0.0702. The van der Waals surface area contributed by atoms with Gasteiger partial charge >= 0.3 is 0 Å². The van der Waals surface area contributed by atoms with Gasteiger partial charge < -0.3 is 11.1 Å². The molecule has 0 unspecified atom stereocenters. The van der Waals surface area contributed by atoms with E-state index in [2.05, 4.69) is 10.3 Å². The Morgan fingerprint density at radius 3 is 2.72 bits per heavy atom. The molecule has 1 heterocycles. The van der Waals surface area contributed by atoms with Crippen molar-refractivity contribution < 1.29 is 4.92 Å². The molecule has 0 spiro atoms. The number of nitrogens with one attached hydrogen (secondary N) is 1. The van der Waals surface area contributed by atoms with Gasteiger partial charge in [-0.15, -0.1) is 0 Å². The van der Waals surface area contributed by atoms with Crippen molar-refractivity contribution >= 4 is 34.5 Å². The van der Waals surface area contributed by atoms with Gasteiger partial charge in [-0.3, -0.25) is 10.1 Å². The quantitative estimate of drug-likeness (QED) is 0.505. The van der Waals surface area contributed by atoms with Crippen LogP contribution in [-0.4, -0.2) is 9.91 Å². The third kappa shape index (κ3) is 2.67. The number of anilines is 3. The highest BCUT2D eigenvalue weighted by Crippen LogP contribution is 2.27. The first-order valence-electron chi connectivity index (χ1n) is 4.99. The van der Waals surface area contributed by atoms with E-state index < -0.39 is 4.92 Å². The molecule has 7 heteroatoms. The zero-order valence-corrected chi connectivity index (χ0v) is 9.89. The summed E-state index contributed by atoms with van der Waals surface area (Å²) in [5.74, 6) is 0.452. The Labute approximate surface area is 108 Å². The second-order valence-corrected chi connectivity index (χ2v) is 3.93. The number of nitrogen functional groups attached to an aromatic ring is 1. The molecule has 2 aromatic rings. The summed E-state index contributed by atoms with van der Waals surface area (Å²) >= 11 is 5.97. The number of benzene rings is 1. The SMILES string of the molecule is Nc1ccc(Cl)c(Nc2ccc([N+](=O)[O-])cn2)c1. The second kappa shape index (κ2) is 4.89. The van der Waals surface area contributed by atoms with E-state index in [0.29, 0.717) is 22.2 Å². The summed E-state index contributed by atoms with van der Waals surface area (Å²) < 4.78 is 0. The molecule has 0 radical (unpaired) electrons. The molecule has 0 aliphatic heterocycles. The van der Waals surface area contributed by atoms with E-state index in [1.807, 2.05) is 0 Å². The molecule has 1 aromatic carbocycles. The van der Waals surface area contributed by atoms with Crippen LogP contribution in [0.15, 0.2) is 36.5 Å². The van der Waals surface area contributed by atoms with Gasteiger partial charge in [0.1, 0.15) is 12.0 Å². The fourth-order valence-corrected chi connectivity index (χ4v) is 1.51. The van der Waals surface area contributed by atoms with E-state index in [9.17, 15) is 10.1 Å². The lowest BCUT2D eigenvalue weighted by atomic mass is 10.3.